The van der Waals surface area contributed by atoms with Gasteiger partial charge in [0.1, 0.15) is 5.75 Å². The van der Waals surface area contributed by atoms with Gasteiger partial charge in [0.15, 0.2) is 0 Å². The van der Waals surface area contributed by atoms with Crippen molar-refractivity contribution in [2.24, 2.45) is 0 Å². The number of ether oxygens (including phenoxy) is 1. The van der Waals surface area contributed by atoms with E-state index in [4.69, 9.17) is 9.15 Å². The maximum atomic E-state index is 5.50. The van der Waals surface area contributed by atoms with E-state index in [-0.39, 0.29) is 6.04 Å². The third-order valence-corrected chi connectivity index (χ3v) is 2.85. The fraction of sp³-hybridized carbons (Fsp3) is 0.400. The van der Waals surface area contributed by atoms with Crippen LogP contribution in [0.3, 0.4) is 0 Å². The Morgan fingerprint density at radius 1 is 1.32 bits per heavy atom. The number of furan rings is 1. The van der Waals surface area contributed by atoms with E-state index in [0.717, 1.165) is 29.8 Å². The van der Waals surface area contributed by atoms with E-state index in [0.29, 0.717) is 6.61 Å². The number of aromatic nitrogens is 1. The van der Waals surface area contributed by atoms with E-state index < -0.39 is 0 Å². The van der Waals surface area contributed by atoms with E-state index in [1.807, 2.05) is 25.3 Å². The number of hydrogen-bond acceptors (Lipinski definition) is 4. The van der Waals surface area contributed by atoms with Crippen molar-refractivity contribution in [3.05, 3.63) is 48.2 Å². The van der Waals surface area contributed by atoms with Crippen molar-refractivity contribution >= 4 is 0 Å². The Kier molecular flexibility index (Phi) is 4.98. The summed E-state index contributed by atoms with van der Waals surface area (Å²) < 4.78 is 10.7. The molecule has 0 amide bonds. The fourth-order valence-corrected chi connectivity index (χ4v) is 2.00. The van der Waals surface area contributed by atoms with Crippen LogP contribution in [0.25, 0.3) is 0 Å². The summed E-state index contributed by atoms with van der Waals surface area (Å²) in [6.07, 6.45) is 8.13. The number of hydrogen-bond donors (Lipinski definition) is 1. The molecule has 19 heavy (non-hydrogen) atoms. The molecular weight excluding hydrogens is 240 g/mol. The molecule has 1 unspecified atom stereocenters. The van der Waals surface area contributed by atoms with Gasteiger partial charge in [-0.1, -0.05) is 6.92 Å². The lowest BCUT2D eigenvalue weighted by Crippen LogP contribution is -2.23. The molecule has 0 spiro atoms. The minimum Gasteiger partial charge on any atom is -0.492 e. The van der Waals surface area contributed by atoms with Crippen LogP contribution in [0.2, 0.25) is 0 Å². The molecule has 4 heteroatoms. The molecule has 0 aliphatic rings. The van der Waals surface area contributed by atoms with Crippen LogP contribution >= 0.6 is 0 Å². The van der Waals surface area contributed by atoms with E-state index in [1.165, 1.54) is 0 Å². The Morgan fingerprint density at radius 2 is 2.21 bits per heavy atom. The summed E-state index contributed by atoms with van der Waals surface area (Å²) >= 11 is 0. The van der Waals surface area contributed by atoms with Crippen molar-refractivity contribution in [1.29, 1.82) is 0 Å². The van der Waals surface area contributed by atoms with Crippen LogP contribution in [-0.2, 0) is 0 Å². The largest absolute Gasteiger partial charge is 0.492 e. The van der Waals surface area contributed by atoms with Crippen LogP contribution in [0.5, 0.6) is 5.75 Å². The lowest BCUT2D eigenvalue weighted by molar-refractivity contribution is 0.338. The van der Waals surface area contributed by atoms with Gasteiger partial charge < -0.3 is 14.5 Å². The SMILES string of the molecule is CCCNC(c1ccoc1)c1cncc(OCC)c1. The van der Waals surface area contributed by atoms with Gasteiger partial charge in [-0.15, -0.1) is 0 Å². The molecule has 0 aliphatic heterocycles. The standard InChI is InChI=1S/C15H20N2O2/c1-3-6-17-15(12-5-7-18-11-12)13-8-14(19-4-2)10-16-9-13/h5,7-11,15,17H,3-4,6H2,1-2H3. The van der Waals surface area contributed by atoms with Gasteiger partial charge in [0.25, 0.3) is 0 Å². The highest BCUT2D eigenvalue weighted by molar-refractivity contribution is 5.32. The van der Waals surface area contributed by atoms with Gasteiger partial charge in [0.2, 0.25) is 0 Å². The van der Waals surface area contributed by atoms with Gasteiger partial charge in [-0.05, 0) is 37.6 Å². The molecule has 0 aliphatic carbocycles. The van der Waals surface area contributed by atoms with Crippen molar-refractivity contribution in [1.82, 2.24) is 10.3 Å². The second-order valence-electron chi connectivity index (χ2n) is 4.33. The molecule has 0 aromatic carbocycles. The molecule has 1 atom stereocenters. The van der Waals surface area contributed by atoms with Gasteiger partial charge in [-0.25, -0.2) is 0 Å². The summed E-state index contributed by atoms with van der Waals surface area (Å²) in [5, 5.41) is 3.50. The molecule has 0 saturated heterocycles. The molecule has 0 radical (unpaired) electrons. The van der Waals surface area contributed by atoms with Gasteiger partial charge >= 0.3 is 0 Å². The Hall–Kier alpha value is -1.81. The predicted octanol–water partition coefficient (Wildman–Crippen LogP) is 3.16. The van der Waals surface area contributed by atoms with Crippen molar-refractivity contribution < 1.29 is 9.15 Å². The van der Waals surface area contributed by atoms with Crippen molar-refractivity contribution in [2.45, 2.75) is 26.3 Å². The zero-order valence-electron chi connectivity index (χ0n) is 11.4. The maximum Gasteiger partial charge on any atom is 0.137 e. The van der Waals surface area contributed by atoms with Gasteiger partial charge in [0.05, 0.1) is 31.4 Å². The lowest BCUT2D eigenvalue weighted by atomic mass is 10.0. The monoisotopic (exact) mass is 260 g/mol. The van der Waals surface area contributed by atoms with Crippen LogP contribution in [0.1, 0.15) is 37.4 Å². The van der Waals surface area contributed by atoms with Gasteiger partial charge in [0, 0.05) is 11.8 Å². The van der Waals surface area contributed by atoms with E-state index in [1.54, 1.807) is 18.7 Å². The highest BCUT2D eigenvalue weighted by Gasteiger charge is 2.15. The Labute approximate surface area is 113 Å². The quantitative estimate of drug-likeness (QED) is 0.830. The minimum atomic E-state index is 0.0895. The fourth-order valence-electron chi connectivity index (χ4n) is 2.00. The average Bonchev–Trinajstić information content (AvgIpc) is 2.94. The highest BCUT2D eigenvalue weighted by atomic mass is 16.5. The van der Waals surface area contributed by atoms with E-state index in [2.05, 4.69) is 17.2 Å². The third-order valence-electron chi connectivity index (χ3n) is 2.85. The first-order chi connectivity index (χ1) is 9.35. The molecular formula is C15H20N2O2. The number of pyridine rings is 1. The molecule has 2 aromatic rings. The van der Waals surface area contributed by atoms with Gasteiger partial charge in [-0.3, -0.25) is 4.98 Å². The molecule has 0 bridgehead atoms. The zero-order chi connectivity index (χ0) is 13.5. The summed E-state index contributed by atoms with van der Waals surface area (Å²) in [5.41, 5.74) is 2.18. The van der Waals surface area contributed by atoms with Crippen LogP contribution < -0.4 is 10.1 Å². The number of nitrogens with zero attached hydrogens (tertiary/aromatic N) is 1. The summed E-state index contributed by atoms with van der Waals surface area (Å²) in [4.78, 5) is 4.25. The van der Waals surface area contributed by atoms with Crippen LogP contribution in [0, 0.1) is 0 Å². The first-order valence-corrected chi connectivity index (χ1v) is 6.68. The topological polar surface area (TPSA) is 47.3 Å². The van der Waals surface area contributed by atoms with E-state index in [9.17, 15) is 0 Å². The molecule has 2 heterocycles. The summed E-state index contributed by atoms with van der Waals surface area (Å²) in [7, 11) is 0. The summed E-state index contributed by atoms with van der Waals surface area (Å²) in [6.45, 7) is 5.70. The zero-order valence-corrected chi connectivity index (χ0v) is 11.4. The minimum absolute atomic E-state index is 0.0895. The molecule has 0 fully saturated rings. The summed E-state index contributed by atoms with van der Waals surface area (Å²) in [5.74, 6) is 0.798. The predicted molar refractivity (Wildman–Crippen MR) is 74.3 cm³/mol. The van der Waals surface area contributed by atoms with Crippen LogP contribution in [0.15, 0.2) is 41.5 Å². The van der Waals surface area contributed by atoms with Crippen molar-refractivity contribution in [2.75, 3.05) is 13.2 Å². The lowest BCUT2D eigenvalue weighted by Gasteiger charge is -2.17. The molecule has 2 rings (SSSR count). The van der Waals surface area contributed by atoms with E-state index >= 15 is 0 Å². The molecule has 0 saturated carbocycles. The molecule has 102 valence electrons. The van der Waals surface area contributed by atoms with Crippen molar-refractivity contribution in [3.63, 3.8) is 0 Å². The second-order valence-corrected chi connectivity index (χ2v) is 4.33. The summed E-state index contributed by atoms with van der Waals surface area (Å²) in [6, 6.07) is 4.09. The normalized spacial score (nSPS) is 12.3. The first-order valence-electron chi connectivity index (χ1n) is 6.68. The van der Waals surface area contributed by atoms with Crippen LogP contribution in [0.4, 0.5) is 0 Å². The number of nitrogens with one attached hydrogen (secondary N) is 1. The Morgan fingerprint density at radius 3 is 2.89 bits per heavy atom. The first kappa shape index (κ1) is 13.6. The molecule has 1 N–H and O–H groups in total. The smallest absolute Gasteiger partial charge is 0.137 e. The van der Waals surface area contributed by atoms with Crippen LogP contribution in [-0.4, -0.2) is 18.1 Å². The number of rotatable bonds is 7. The Bertz CT molecular complexity index is 483. The molecule has 2 aromatic heterocycles. The van der Waals surface area contributed by atoms with Gasteiger partial charge in [-0.2, -0.15) is 0 Å². The molecule has 4 nitrogen and oxygen atoms in total. The third kappa shape index (κ3) is 3.58. The highest BCUT2D eigenvalue weighted by Crippen LogP contribution is 2.24. The van der Waals surface area contributed by atoms with Crippen molar-refractivity contribution in [3.8, 4) is 5.75 Å². The Balaban J connectivity index is 2.24. The maximum absolute atomic E-state index is 5.50. The second kappa shape index (κ2) is 6.95. The average molecular weight is 260 g/mol.